The Hall–Kier alpha value is -1.66. The Morgan fingerprint density at radius 3 is 2.42 bits per heavy atom. The summed E-state index contributed by atoms with van der Waals surface area (Å²) in [6, 6.07) is 10.3. The molecule has 1 fully saturated rings. The molecule has 0 atom stereocenters. The molecule has 0 unspecified atom stereocenters. The molecule has 0 aromatic heterocycles. The summed E-state index contributed by atoms with van der Waals surface area (Å²) in [5.41, 5.74) is 1.38. The van der Waals surface area contributed by atoms with E-state index in [2.05, 4.69) is 0 Å². The zero-order valence-corrected chi connectivity index (χ0v) is 16.5. The van der Waals surface area contributed by atoms with Crippen molar-refractivity contribution in [3.63, 3.8) is 0 Å². The van der Waals surface area contributed by atoms with Crippen molar-refractivity contribution >= 4 is 63.8 Å². The maximum atomic E-state index is 12.6. The van der Waals surface area contributed by atoms with Gasteiger partial charge in [0.25, 0.3) is 11.1 Å². The first-order valence-corrected chi connectivity index (χ1v) is 9.37. The van der Waals surface area contributed by atoms with Crippen LogP contribution in [0.5, 0.6) is 5.75 Å². The molecule has 1 aliphatic rings. The zero-order valence-electron chi connectivity index (χ0n) is 13.5. The second-order valence-corrected chi connectivity index (χ2v) is 7.66. The average molecular weight is 429 g/mol. The van der Waals surface area contributed by atoms with Gasteiger partial charge in [-0.25, -0.2) is 0 Å². The molecule has 2 amide bonds. The minimum Gasteiger partial charge on any atom is -0.494 e. The molecule has 1 heterocycles. The summed E-state index contributed by atoms with van der Waals surface area (Å²) in [4.78, 5) is 26.3. The fourth-order valence-electron chi connectivity index (χ4n) is 2.46. The number of benzene rings is 2. The lowest BCUT2D eigenvalue weighted by molar-refractivity contribution is -0.123. The minimum absolute atomic E-state index is 0.159. The number of methoxy groups -OCH3 is 1. The van der Waals surface area contributed by atoms with E-state index < -0.39 is 0 Å². The quantitative estimate of drug-likeness (QED) is 0.569. The van der Waals surface area contributed by atoms with E-state index in [-0.39, 0.29) is 17.7 Å². The maximum Gasteiger partial charge on any atom is 0.293 e. The first-order chi connectivity index (χ1) is 12.4. The minimum atomic E-state index is -0.372. The van der Waals surface area contributed by atoms with Crippen LogP contribution >= 0.6 is 46.6 Å². The molecule has 0 radical (unpaired) electrons. The smallest absolute Gasteiger partial charge is 0.293 e. The molecule has 0 saturated carbocycles. The lowest BCUT2D eigenvalue weighted by atomic mass is 10.2. The molecule has 2 aromatic rings. The number of amides is 2. The predicted molar refractivity (Wildman–Crippen MR) is 106 cm³/mol. The summed E-state index contributed by atoms with van der Waals surface area (Å²) in [5.74, 6) is -0.0115. The van der Waals surface area contributed by atoms with E-state index in [0.29, 0.717) is 31.3 Å². The molecule has 8 heteroatoms. The highest BCUT2D eigenvalue weighted by atomic mass is 35.5. The van der Waals surface area contributed by atoms with Crippen molar-refractivity contribution in [3.8, 4) is 5.75 Å². The van der Waals surface area contributed by atoms with Gasteiger partial charge in [-0.2, -0.15) is 0 Å². The Bertz CT molecular complexity index is 907. The number of carbonyl (C=O) groups is 2. The van der Waals surface area contributed by atoms with Gasteiger partial charge in [-0.15, -0.1) is 0 Å². The second-order valence-electron chi connectivity index (χ2n) is 5.42. The molecule has 1 aliphatic heterocycles. The number of hydrogen-bond acceptors (Lipinski definition) is 4. The van der Waals surface area contributed by atoms with E-state index in [1.807, 2.05) is 6.07 Å². The Labute approximate surface area is 169 Å². The summed E-state index contributed by atoms with van der Waals surface area (Å²) in [6.45, 7) is 0.159. The number of rotatable bonds is 4. The summed E-state index contributed by atoms with van der Waals surface area (Å²) < 4.78 is 5.10. The third kappa shape index (κ3) is 4.01. The summed E-state index contributed by atoms with van der Waals surface area (Å²) >= 11 is 19.1. The first-order valence-electron chi connectivity index (χ1n) is 7.42. The zero-order chi connectivity index (χ0) is 18.8. The van der Waals surface area contributed by atoms with Crippen molar-refractivity contribution in [3.05, 3.63) is 67.5 Å². The van der Waals surface area contributed by atoms with Crippen LogP contribution in [0.1, 0.15) is 11.1 Å². The van der Waals surface area contributed by atoms with Gasteiger partial charge in [-0.1, -0.05) is 46.9 Å². The van der Waals surface area contributed by atoms with E-state index in [4.69, 9.17) is 39.5 Å². The van der Waals surface area contributed by atoms with Crippen LogP contribution in [0.2, 0.25) is 15.1 Å². The highest BCUT2D eigenvalue weighted by molar-refractivity contribution is 8.18. The lowest BCUT2D eigenvalue weighted by Crippen LogP contribution is -2.27. The fraction of sp³-hybridized carbons (Fsp3) is 0.111. The van der Waals surface area contributed by atoms with Crippen LogP contribution in [0.15, 0.2) is 41.3 Å². The van der Waals surface area contributed by atoms with Gasteiger partial charge in [0.1, 0.15) is 0 Å². The number of imide groups is 1. The molecule has 0 spiro atoms. The SMILES string of the molecule is COc1c(Cl)cc(/C=C2\SC(=O)N(Cc3cccc(Cl)c3)C2=O)cc1Cl. The van der Waals surface area contributed by atoms with Crippen molar-refractivity contribution in [2.75, 3.05) is 7.11 Å². The van der Waals surface area contributed by atoms with Crippen molar-refractivity contribution in [1.82, 2.24) is 4.90 Å². The van der Waals surface area contributed by atoms with Crippen LogP contribution in [0.3, 0.4) is 0 Å². The van der Waals surface area contributed by atoms with Gasteiger partial charge >= 0.3 is 0 Å². The molecule has 3 rings (SSSR count). The molecule has 134 valence electrons. The van der Waals surface area contributed by atoms with Gasteiger partial charge in [-0.05, 0) is 53.2 Å². The Morgan fingerprint density at radius 2 is 1.81 bits per heavy atom. The highest BCUT2D eigenvalue weighted by Gasteiger charge is 2.35. The molecule has 1 saturated heterocycles. The Balaban J connectivity index is 1.85. The monoisotopic (exact) mass is 427 g/mol. The van der Waals surface area contributed by atoms with Gasteiger partial charge in [0.2, 0.25) is 0 Å². The molecule has 26 heavy (non-hydrogen) atoms. The van der Waals surface area contributed by atoms with Crippen LogP contribution in [-0.4, -0.2) is 23.2 Å². The average Bonchev–Trinajstić information content (AvgIpc) is 2.82. The van der Waals surface area contributed by atoms with Crippen molar-refractivity contribution in [2.24, 2.45) is 0 Å². The van der Waals surface area contributed by atoms with Crippen LogP contribution in [0, 0.1) is 0 Å². The van der Waals surface area contributed by atoms with E-state index in [1.54, 1.807) is 36.4 Å². The highest BCUT2D eigenvalue weighted by Crippen LogP contribution is 2.37. The summed E-state index contributed by atoms with van der Waals surface area (Å²) in [7, 11) is 1.47. The van der Waals surface area contributed by atoms with Gasteiger partial charge in [0.05, 0.1) is 28.6 Å². The van der Waals surface area contributed by atoms with Gasteiger partial charge < -0.3 is 4.74 Å². The van der Waals surface area contributed by atoms with E-state index in [1.165, 1.54) is 12.0 Å². The van der Waals surface area contributed by atoms with Crippen molar-refractivity contribution in [2.45, 2.75) is 6.54 Å². The largest absolute Gasteiger partial charge is 0.494 e. The molecule has 0 aliphatic carbocycles. The molecule has 0 bridgehead atoms. The topological polar surface area (TPSA) is 46.6 Å². The number of halogens is 3. The molecule has 2 aromatic carbocycles. The third-order valence-electron chi connectivity index (χ3n) is 3.63. The first kappa shape index (κ1) is 19.1. The number of thioether (sulfide) groups is 1. The Kier molecular flexibility index (Phi) is 5.82. The normalized spacial score (nSPS) is 15.8. The maximum absolute atomic E-state index is 12.6. The number of ether oxygens (including phenoxy) is 1. The van der Waals surface area contributed by atoms with Crippen LogP contribution in [-0.2, 0) is 11.3 Å². The van der Waals surface area contributed by atoms with E-state index in [9.17, 15) is 9.59 Å². The van der Waals surface area contributed by atoms with Crippen LogP contribution in [0.25, 0.3) is 6.08 Å². The summed E-state index contributed by atoms with van der Waals surface area (Å²) in [5, 5.41) is 0.855. The second kappa shape index (κ2) is 7.92. The molecular weight excluding hydrogens is 417 g/mol. The van der Waals surface area contributed by atoms with Gasteiger partial charge in [0, 0.05) is 5.02 Å². The lowest BCUT2D eigenvalue weighted by Gasteiger charge is -2.12. The van der Waals surface area contributed by atoms with E-state index >= 15 is 0 Å². The number of nitrogens with zero attached hydrogens (tertiary/aromatic N) is 1. The summed E-state index contributed by atoms with van der Waals surface area (Å²) in [6.07, 6.45) is 1.58. The molecule has 0 N–H and O–H groups in total. The van der Waals surface area contributed by atoms with Crippen LogP contribution in [0.4, 0.5) is 4.79 Å². The molecular formula is C18H12Cl3NO3S. The number of carbonyl (C=O) groups excluding carboxylic acids is 2. The van der Waals surface area contributed by atoms with Crippen molar-refractivity contribution < 1.29 is 14.3 Å². The Morgan fingerprint density at radius 1 is 1.12 bits per heavy atom. The van der Waals surface area contributed by atoms with Crippen LogP contribution < -0.4 is 4.74 Å². The third-order valence-corrected chi connectivity index (χ3v) is 5.33. The number of hydrogen-bond donors (Lipinski definition) is 0. The fourth-order valence-corrected chi connectivity index (χ4v) is 4.17. The molecule has 4 nitrogen and oxygen atoms in total. The van der Waals surface area contributed by atoms with Crippen molar-refractivity contribution in [1.29, 1.82) is 0 Å². The van der Waals surface area contributed by atoms with Gasteiger partial charge in [-0.3, -0.25) is 14.5 Å². The predicted octanol–water partition coefficient (Wildman–Crippen LogP) is 5.89. The van der Waals surface area contributed by atoms with Gasteiger partial charge in [0.15, 0.2) is 5.75 Å². The van der Waals surface area contributed by atoms with E-state index in [0.717, 1.165) is 17.3 Å². The standard InChI is InChI=1S/C18H12Cl3NO3S/c1-25-16-13(20)6-11(7-14(16)21)8-15-17(23)22(18(24)26-15)9-10-3-2-4-12(19)5-10/h2-8H,9H2,1H3/b15-8-.